The lowest BCUT2D eigenvalue weighted by Crippen LogP contribution is -2.23. The van der Waals surface area contributed by atoms with Gasteiger partial charge >= 0.3 is 0 Å². The monoisotopic (exact) mass is 351 g/mol. The third-order valence-corrected chi connectivity index (χ3v) is 5.88. The number of aryl methyl sites for hydroxylation is 1. The average molecular weight is 352 g/mol. The number of nitrogens with one attached hydrogen (secondary N) is 1. The zero-order valence-corrected chi connectivity index (χ0v) is 15.6. The summed E-state index contributed by atoms with van der Waals surface area (Å²) in [7, 11) is 0. The van der Waals surface area contributed by atoms with Gasteiger partial charge < -0.3 is 10.2 Å². The van der Waals surface area contributed by atoms with Crippen LogP contribution in [0.25, 0.3) is 10.2 Å². The molecule has 4 rings (SSSR count). The van der Waals surface area contributed by atoms with E-state index in [9.17, 15) is 0 Å². The number of nitrogens with zero attached hydrogens (tertiary/aromatic N) is 2. The fourth-order valence-electron chi connectivity index (χ4n) is 3.45. The third kappa shape index (κ3) is 3.79. The van der Waals surface area contributed by atoms with E-state index in [-0.39, 0.29) is 0 Å². The van der Waals surface area contributed by atoms with Gasteiger partial charge in [-0.15, -0.1) is 0 Å². The predicted octanol–water partition coefficient (Wildman–Crippen LogP) is 5.98. The average Bonchev–Trinajstić information content (AvgIpc) is 2.85. The second kappa shape index (κ2) is 7.44. The quantitative estimate of drug-likeness (QED) is 0.626. The van der Waals surface area contributed by atoms with Gasteiger partial charge in [0.05, 0.1) is 10.2 Å². The van der Waals surface area contributed by atoms with E-state index in [0.717, 1.165) is 22.8 Å². The van der Waals surface area contributed by atoms with Gasteiger partial charge in [0, 0.05) is 24.5 Å². The second-order valence-electron chi connectivity index (χ2n) is 6.75. The van der Waals surface area contributed by atoms with E-state index in [2.05, 4.69) is 59.6 Å². The molecule has 1 aliphatic heterocycles. The highest BCUT2D eigenvalue weighted by atomic mass is 32.1. The van der Waals surface area contributed by atoms with Crippen LogP contribution in [0.1, 0.15) is 38.2 Å². The highest BCUT2D eigenvalue weighted by Crippen LogP contribution is 2.30. The number of aromatic nitrogens is 1. The van der Waals surface area contributed by atoms with E-state index in [1.54, 1.807) is 11.3 Å². The molecule has 0 bridgehead atoms. The molecule has 0 spiro atoms. The minimum atomic E-state index is 0.964. The predicted molar refractivity (Wildman–Crippen MR) is 109 cm³/mol. The Kier molecular flexibility index (Phi) is 4.88. The first-order valence-electron chi connectivity index (χ1n) is 9.33. The number of fused-ring (bicyclic) bond motifs is 1. The molecular weight excluding hydrogens is 326 g/mol. The Morgan fingerprint density at radius 1 is 1.00 bits per heavy atom. The van der Waals surface area contributed by atoms with Crippen molar-refractivity contribution < 1.29 is 0 Å². The maximum Gasteiger partial charge on any atom is 0.188 e. The first-order valence-corrected chi connectivity index (χ1v) is 10.1. The largest absolute Gasteiger partial charge is 0.372 e. The van der Waals surface area contributed by atoms with Crippen LogP contribution in [-0.4, -0.2) is 18.1 Å². The van der Waals surface area contributed by atoms with Crippen LogP contribution in [-0.2, 0) is 6.42 Å². The molecule has 0 atom stereocenters. The van der Waals surface area contributed by atoms with Crippen molar-refractivity contribution in [1.29, 1.82) is 0 Å². The van der Waals surface area contributed by atoms with Crippen molar-refractivity contribution in [2.24, 2.45) is 0 Å². The smallest absolute Gasteiger partial charge is 0.188 e. The summed E-state index contributed by atoms with van der Waals surface area (Å²) in [6, 6.07) is 15.3. The van der Waals surface area contributed by atoms with Crippen LogP contribution in [0.15, 0.2) is 42.5 Å². The van der Waals surface area contributed by atoms with Gasteiger partial charge in [0.2, 0.25) is 0 Å². The molecule has 0 unspecified atom stereocenters. The Morgan fingerprint density at radius 2 is 1.76 bits per heavy atom. The molecule has 1 N–H and O–H groups in total. The summed E-state index contributed by atoms with van der Waals surface area (Å²) in [5.41, 5.74) is 4.88. The summed E-state index contributed by atoms with van der Waals surface area (Å²) >= 11 is 1.72. The van der Waals surface area contributed by atoms with Gasteiger partial charge in [0.15, 0.2) is 5.13 Å². The number of benzene rings is 2. The highest BCUT2D eigenvalue weighted by Gasteiger charge is 2.10. The van der Waals surface area contributed by atoms with Gasteiger partial charge in [-0.05, 0) is 61.2 Å². The topological polar surface area (TPSA) is 28.2 Å². The van der Waals surface area contributed by atoms with Crippen LogP contribution in [0, 0.1) is 0 Å². The van der Waals surface area contributed by atoms with Crippen LogP contribution < -0.4 is 10.2 Å². The molecule has 130 valence electrons. The van der Waals surface area contributed by atoms with Gasteiger partial charge in [-0.1, -0.05) is 37.2 Å². The molecular formula is C21H25N3S. The highest BCUT2D eigenvalue weighted by molar-refractivity contribution is 7.22. The normalized spacial score (nSPS) is 15.3. The summed E-state index contributed by atoms with van der Waals surface area (Å²) in [6.45, 7) is 4.56. The number of anilines is 3. The van der Waals surface area contributed by atoms with E-state index in [0.29, 0.717) is 0 Å². The summed E-state index contributed by atoms with van der Waals surface area (Å²) < 4.78 is 1.25. The van der Waals surface area contributed by atoms with Crippen LogP contribution in [0.3, 0.4) is 0 Å². The van der Waals surface area contributed by atoms with E-state index in [1.165, 1.54) is 54.7 Å². The Morgan fingerprint density at radius 3 is 2.48 bits per heavy atom. The van der Waals surface area contributed by atoms with Crippen molar-refractivity contribution in [2.75, 3.05) is 23.3 Å². The lowest BCUT2D eigenvalue weighted by Gasteiger charge is -2.22. The molecule has 0 radical (unpaired) electrons. The SMILES string of the molecule is CCc1ccc2nc(Nc3ccc(N4CCCCCC4)cc3)sc2c1. The maximum atomic E-state index is 4.71. The lowest BCUT2D eigenvalue weighted by atomic mass is 10.2. The van der Waals surface area contributed by atoms with Crippen LogP contribution >= 0.6 is 11.3 Å². The van der Waals surface area contributed by atoms with Crippen LogP contribution in [0.4, 0.5) is 16.5 Å². The van der Waals surface area contributed by atoms with Gasteiger partial charge in [-0.3, -0.25) is 0 Å². The van der Waals surface area contributed by atoms with Crippen molar-refractivity contribution in [3.8, 4) is 0 Å². The fourth-order valence-corrected chi connectivity index (χ4v) is 4.40. The molecule has 1 aromatic heterocycles. The Labute approximate surface area is 153 Å². The zero-order valence-electron chi connectivity index (χ0n) is 14.8. The van der Waals surface area contributed by atoms with Gasteiger partial charge in [0.1, 0.15) is 0 Å². The molecule has 0 amide bonds. The molecule has 3 nitrogen and oxygen atoms in total. The molecule has 0 saturated carbocycles. The van der Waals surface area contributed by atoms with Gasteiger partial charge in [-0.2, -0.15) is 0 Å². The summed E-state index contributed by atoms with van der Waals surface area (Å²) in [4.78, 5) is 7.22. The molecule has 2 heterocycles. The lowest BCUT2D eigenvalue weighted by molar-refractivity contribution is 0.726. The van der Waals surface area contributed by atoms with Crippen LogP contribution in [0.5, 0.6) is 0 Å². The van der Waals surface area contributed by atoms with Crippen molar-refractivity contribution in [2.45, 2.75) is 39.0 Å². The zero-order chi connectivity index (χ0) is 17.1. The third-order valence-electron chi connectivity index (χ3n) is 4.95. The van der Waals surface area contributed by atoms with E-state index in [4.69, 9.17) is 4.98 Å². The summed E-state index contributed by atoms with van der Waals surface area (Å²) in [6.07, 6.45) is 6.42. The maximum absolute atomic E-state index is 4.71. The molecule has 1 fully saturated rings. The van der Waals surface area contributed by atoms with Crippen LogP contribution in [0.2, 0.25) is 0 Å². The van der Waals surface area contributed by atoms with E-state index < -0.39 is 0 Å². The number of rotatable bonds is 4. The first kappa shape index (κ1) is 16.4. The molecule has 1 aliphatic rings. The minimum absolute atomic E-state index is 0.964. The molecule has 0 aliphatic carbocycles. The Balaban J connectivity index is 1.49. The van der Waals surface area contributed by atoms with Gasteiger partial charge in [0.25, 0.3) is 0 Å². The number of thiazole rings is 1. The van der Waals surface area contributed by atoms with E-state index >= 15 is 0 Å². The van der Waals surface area contributed by atoms with Crippen molar-refractivity contribution in [3.63, 3.8) is 0 Å². The van der Waals surface area contributed by atoms with Gasteiger partial charge in [-0.25, -0.2) is 4.98 Å². The van der Waals surface area contributed by atoms with Crippen molar-refractivity contribution in [3.05, 3.63) is 48.0 Å². The Hall–Kier alpha value is -2.07. The number of hydrogen-bond acceptors (Lipinski definition) is 4. The summed E-state index contributed by atoms with van der Waals surface area (Å²) in [5.74, 6) is 0. The molecule has 4 heteroatoms. The van der Waals surface area contributed by atoms with E-state index in [1.807, 2.05) is 0 Å². The second-order valence-corrected chi connectivity index (χ2v) is 7.78. The number of hydrogen-bond donors (Lipinski definition) is 1. The Bertz CT molecular complexity index is 830. The fraction of sp³-hybridized carbons (Fsp3) is 0.381. The first-order chi connectivity index (χ1) is 12.3. The molecule has 25 heavy (non-hydrogen) atoms. The molecule has 1 saturated heterocycles. The molecule has 3 aromatic rings. The minimum Gasteiger partial charge on any atom is -0.372 e. The van der Waals surface area contributed by atoms with Crippen molar-refractivity contribution in [1.82, 2.24) is 4.98 Å². The molecule has 2 aromatic carbocycles. The standard InChI is InChI=1S/C21H25N3S/c1-2-16-7-12-19-20(15-16)25-21(23-19)22-17-8-10-18(11-9-17)24-13-5-3-4-6-14-24/h7-12,15H,2-6,13-14H2,1H3,(H,22,23). The van der Waals surface area contributed by atoms with Crippen molar-refractivity contribution >= 4 is 38.1 Å². The summed E-state index contributed by atoms with van der Waals surface area (Å²) in [5, 5.41) is 4.43.